The van der Waals surface area contributed by atoms with Gasteiger partial charge in [-0.1, -0.05) is 34.1 Å². The molecular formula is C17H19BrFNO. The molecule has 0 amide bonds. The van der Waals surface area contributed by atoms with Crippen LogP contribution in [0.3, 0.4) is 0 Å². The highest BCUT2D eigenvalue weighted by Gasteiger charge is 2.18. The maximum absolute atomic E-state index is 14.1. The SMILES string of the molecule is COc1cccc(F)c1C(C)NC(C)c1ccc(Br)cc1. The Balaban J connectivity index is 2.18. The van der Waals surface area contributed by atoms with Crippen molar-refractivity contribution in [1.29, 1.82) is 0 Å². The molecule has 0 heterocycles. The van der Waals surface area contributed by atoms with Gasteiger partial charge in [-0.25, -0.2) is 4.39 Å². The molecule has 1 N–H and O–H groups in total. The van der Waals surface area contributed by atoms with Crippen molar-refractivity contribution in [2.75, 3.05) is 7.11 Å². The second-order valence-electron chi connectivity index (χ2n) is 5.02. The summed E-state index contributed by atoms with van der Waals surface area (Å²) < 4.78 is 20.4. The zero-order chi connectivity index (χ0) is 15.4. The van der Waals surface area contributed by atoms with E-state index in [9.17, 15) is 4.39 Å². The Kier molecular flexibility index (Phi) is 5.37. The van der Waals surface area contributed by atoms with E-state index >= 15 is 0 Å². The van der Waals surface area contributed by atoms with Gasteiger partial charge in [0, 0.05) is 22.1 Å². The average molecular weight is 352 g/mol. The molecule has 0 bridgehead atoms. The first-order chi connectivity index (χ1) is 10.0. The fourth-order valence-corrected chi connectivity index (χ4v) is 2.69. The number of benzene rings is 2. The molecule has 2 aromatic rings. The topological polar surface area (TPSA) is 21.3 Å². The predicted molar refractivity (Wildman–Crippen MR) is 87.1 cm³/mol. The van der Waals surface area contributed by atoms with E-state index in [2.05, 4.69) is 28.2 Å². The molecule has 0 aliphatic rings. The molecule has 0 saturated carbocycles. The molecule has 2 aromatic carbocycles. The van der Waals surface area contributed by atoms with Crippen LogP contribution in [0, 0.1) is 5.82 Å². The lowest BCUT2D eigenvalue weighted by Gasteiger charge is -2.22. The van der Waals surface area contributed by atoms with Crippen molar-refractivity contribution in [3.05, 3.63) is 63.9 Å². The third-order valence-electron chi connectivity index (χ3n) is 3.54. The standard InChI is InChI=1S/C17H19BrFNO/c1-11(13-7-9-14(18)10-8-13)20-12(2)17-15(19)5-4-6-16(17)21-3/h4-12,20H,1-3H3. The van der Waals surface area contributed by atoms with Crippen molar-refractivity contribution in [1.82, 2.24) is 5.32 Å². The lowest BCUT2D eigenvalue weighted by Crippen LogP contribution is -2.23. The van der Waals surface area contributed by atoms with E-state index in [0.29, 0.717) is 11.3 Å². The first kappa shape index (κ1) is 16.0. The summed E-state index contributed by atoms with van der Waals surface area (Å²) in [4.78, 5) is 0. The summed E-state index contributed by atoms with van der Waals surface area (Å²) in [7, 11) is 1.56. The van der Waals surface area contributed by atoms with Crippen LogP contribution in [0.15, 0.2) is 46.9 Å². The van der Waals surface area contributed by atoms with Crippen molar-refractivity contribution in [2.45, 2.75) is 25.9 Å². The smallest absolute Gasteiger partial charge is 0.131 e. The van der Waals surface area contributed by atoms with Gasteiger partial charge in [-0.2, -0.15) is 0 Å². The molecule has 0 spiro atoms. The molecule has 0 radical (unpaired) electrons. The largest absolute Gasteiger partial charge is 0.496 e. The van der Waals surface area contributed by atoms with Crippen LogP contribution >= 0.6 is 15.9 Å². The molecule has 2 unspecified atom stereocenters. The molecule has 2 nitrogen and oxygen atoms in total. The number of ether oxygens (including phenoxy) is 1. The molecule has 4 heteroatoms. The third kappa shape index (κ3) is 3.83. The summed E-state index contributed by atoms with van der Waals surface area (Å²) in [6.07, 6.45) is 0. The number of hydrogen-bond donors (Lipinski definition) is 1. The van der Waals surface area contributed by atoms with Crippen molar-refractivity contribution >= 4 is 15.9 Å². The first-order valence-corrected chi connectivity index (χ1v) is 7.66. The quantitative estimate of drug-likeness (QED) is 0.817. The highest BCUT2D eigenvalue weighted by molar-refractivity contribution is 9.10. The minimum Gasteiger partial charge on any atom is -0.496 e. The van der Waals surface area contributed by atoms with Crippen LogP contribution in [-0.4, -0.2) is 7.11 Å². The lowest BCUT2D eigenvalue weighted by molar-refractivity contribution is 0.387. The summed E-state index contributed by atoms with van der Waals surface area (Å²) >= 11 is 3.42. The zero-order valence-electron chi connectivity index (χ0n) is 12.4. The van der Waals surface area contributed by atoms with Gasteiger partial charge in [0.25, 0.3) is 0 Å². The van der Waals surface area contributed by atoms with E-state index in [-0.39, 0.29) is 17.9 Å². The monoisotopic (exact) mass is 351 g/mol. The Labute approximate surface area is 133 Å². The summed E-state index contributed by atoms with van der Waals surface area (Å²) in [6, 6.07) is 12.9. The fraction of sp³-hybridized carbons (Fsp3) is 0.294. The second kappa shape index (κ2) is 7.05. The van der Waals surface area contributed by atoms with Gasteiger partial charge in [0.15, 0.2) is 0 Å². The molecule has 0 aliphatic carbocycles. The minimum atomic E-state index is -0.252. The lowest BCUT2D eigenvalue weighted by atomic mass is 10.0. The van der Waals surface area contributed by atoms with Gasteiger partial charge in [0.1, 0.15) is 11.6 Å². The number of methoxy groups -OCH3 is 1. The summed E-state index contributed by atoms with van der Waals surface area (Å²) in [6.45, 7) is 4.00. The Morgan fingerprint density at radius 3 is 2.33 bits per heavy atom. The molecule has 0 aliphatic heterocycles. The van der Waals surface area contributed by atoms with E-state index in [0.717, 1.165) is 10.0 Å². The van der Waals surface area contributed by atoms with Crippen LogP contribution in [0.2, 0.25) is 0 Å². The summed E-state index contributed by atoms with van der Waals surface area (Å²) in [5.41, 5.74) is 1.71. The van der Waals surface area contributed by atoms with Gasteiger partial charge >= 0.3 is 0 Å². The van der Waals surface area contributed by atoms with E-state index in [1.807, 2.05) is 31.2 Å². The van der Waals surface area contributed by atoms with Crippen LogP contribution < -0.4 is 10.1 Å². The van der Waals surface area contributed by atoms with Gasteiger partial charge in [-0.15, -0.1) is 0 Å². The summed E-state index contributed by atoms with van der Waals surface area (Å²) in [5.74, 6) is 0.315. The van der Waals surface area contributed by atoms with Gasteiger partial charge in [0.2, 0.25) is 0 Å². The van der Waals surface area contributed by atoms with Gasteiger partial charge in [-0.05, 0) is 43.7 Å². The molecule has 21 heavy (non-hydrogen) atoms. The molecule has 0 aromatic heterocycles. The second-order valence-corrected chi connectivity index (χ2v) is 5.93. The molecule has 2 atom stereocenters. The van der Waals surface area contributed by atoms with E-state index in [1.165, 1.54) is 6.07 Å². The molecule has 112 valence electrons. The van der Waals surface area contributed by atoms with Crippen LogP contribution in [0.25, 0.3) is 0 Å². The Hall–Kier alpha value is -1.39. The normalized spacial score (nSPS) is 13.8. The van der Waals surface area contributed by atoms with Gasteiger partial charge < -0.3 is 10.1 Å². The molecule has 0 fully saturated rings. The summed E-state index contributed by atoms with van der Waals surface area (Å²) in [5, 5.41) is 3.41. The van der Waals surface area contributed by atoms with Crippen LogP contribution in [0.5, 0.6) is 5.75 Å². The van der Waals surface area contributed by atoms with Crippen molar-refractivity contribution < 1.29 is 9.13 Å². The Morgan fingerprint density at radius 2 is 1.71 bits per heavy atom. The van der Waals surface area contributed by atoms with E-state index in [4.69, 9.17) is 4.74 Å². The van der Waals surface area contributed by atoms with Crippen molar-refractivity contribution in [3.8, 4) is 5.75 Å². The van der Waals surface area contributed by atoms with E-state index in [1.54, 1.807) is 19.2 Å². The Bertz CT molecular complexity index is 600. The third-order valence-corrected chi connectivity index (χ3v) is 4.06. The molecule has 2 rings (SSSR count). The predicted octanol–water partition coefficient (Wildman–Crippen LogP) is 5.01. The average Bonchev–Trinajstić information content (AvgIpc) is 2.47. The first-order valence-electron chi connectivity index (χ1n) is 6.87. The van der Waals surface area contributed by atoms with Crippen molar-refractivity contribution in [3.63, 3.8) is 0 Å². The Morgan fingerprint density at radius 1 is 1.05 bits per heavy atom. The van der Waals surface area contributed by atoms with Crippen LogP contribution in [0.4, 0.5) is 4.39 Å². The zero-order valence-corrected chi connectivity index (χ0v) is 13.9. The van der Waals surface area contributed by atoms with Crippen LogP contribution in [-0.2, 0) is 0 Å². The number of nitrogens with one attached hydrogen (secondary N) is 1. The number of hydrogen-bond acceptors (Lipinski definition) is 2. The molecular weight excluding hydrogens is 333 g/mol. The maximum atomic E-state index is 14.1. The highest BCUT2D eigenvalue weighted by Crippen LogP contribution is 2.29. The van der Waals surface area contributed by atoms with Gasteiger partial charge in [-0.3, -0.25) is 0 Å². The van der Waals surface area contributed by atoms with Crippen molar-refractivity contribution in [2.24, 2.45) is 0 Å². The van der Waals surface area contributed by atoms with E-state index < -0.39 is 0 Å². The number of halogens is 2. The maximum Gasteiger partial charge on any atom is 0.131 e. The number of rotatable bonds is 5. The highest BCUT2D eigenvalue weighted by atomic mass is 79.9. The van der Waals surface area contributed by atoms with Gasteiger partial charge in [0.05, 0.1) is 7.11 Å². The minimum absolute atomic E-state index is 0.109. The molecule has 0 saturated heterocycles. The fourth-order valence-electron chi connectivity index (χ4n) is 2.42. The van der Waals surface area contributed by atoms with Crippen LogP contribution in [0.1, 0.15) is 37.1 Å².